The highest BCUT2D eigenvalue weighted by Crippen LogP contribution is 2.36. The molecule has 4 amide bonds. The van der Waals surface area contributed by atoms with Crippen LogP contribution in [0.1, 0.15) is 12.5 Å². The number of urea groups is 1. The van der Waals surface area contributed by atoms with E-state index in [0.29, 0.717) is 41.7 Å². The van der Waals surface area contributed by atoms with Gasteiger partial charge < -0.3 is 20.1 Å². The molecule has 5 rings (SSSR count). The van der Waals surface area contributed by atoms with Gasteiger partial charge in [0.25, 0.3) is 5.91 Å². The Balaban J connectivity index is 1.22. The Hall–Kier alpha value is -4.73. The molecule has 2 aliphatic rings. The van der Waals surface area contributed by atoms with Crippen LogP contribution in [0.3, 0.4) is 0 Å². The highest BCUT2D eigenvalue weighted by Gasteiger charge is 2.49. The second kappa shape index (κ2) is 9.49. The van der Waals surface area contributed by atoms with Gasteiger partial charge in [-0.15, -0.1) is 0 Å². The van der Waals surface area contributed by atoms with E-state index in [1.54, 1.807) is 49.4 Å². The van der Waals surface area contributed by atoms with Crippen LogP contribution in [0, 0.1) is 0 Å². The van der Waals surface area contributed by atoms with E-state index in [4.69, 9.17) is 9.47 Å². The summed E-state index contributed by atoms with van der Waals surface area (Å²) in [5.41, 5.74) is 1.04. The summed E-state index contributed by atoms with van der Waals surface area (Å²) < 4.78 is 11.1. The highest BCUT2D eigenvalue weighted by molar-refractivity contribution is 6.10. The van der Waals surface area contributed by atoms with Crippen molar-refractivity contribution in [1.29, 1.82) is 0 Å². The molecule has 2 aliphatic heterocycles. The van der Waals surface area contributed by atoms with Crippen LogP contribution in [0.2, 0.25) is 0 Å². The topological polar surface area (TPSA) is 122 Å². The van der Waals surface area contributed by atoms with Crippen LogP contribution in [0.25, 0.3) is 0 Å². The number of nitrogens with zero attached hydrogens (tertiary/aromatic N) is 3. The van der Waals surface area contributed by atoms with Crippen molar-refractivity contribution >= 4 is 34.9 Å². The molecule has 10 nitrogen and oxygen atoms in total. The van der Waals surface area contributed by atoms with Gasteiger partial charge in [0.1, 0.15) is 25.3 Å². The number of azo groups is 1. The van der Waals surface area contributed by atoms with Crippen LogP contribution in [-0.4, -0.2) is 42.5 Å². The Morgan fingerprint density at radius 2 is 1.61 bits per heavy atom. The molecule has 0 aromatic heterocycles. The molecular formula is C26H23N5O5. The number of nitrogens with one attached hydrogen (secondary N) is 2. The molecule has 10 heteroatoms. The van der Waals surface area contributed by atoms with Crippen molar-refractivity contribution in [2.45, 2.75) is 12.5 Å². The van der Waals surface area contributed by atoms with E-state index >= 15 is 0 Å². The number of rotatable bonds is 6. The van der Waals surface area contributed by atoms with Crippen molar-refractivity contribution in [3.8, 4) is 11.5 Å². The number of benzene rings is 3. The summed E-state index contributed by atoms with van der Waals surface area (Å²) in [7, 11) is 0. The van der Waals surface area contributed by atoms with E-state index < -0.39 is 29.9 Å². The number of carbonyl (C=O) groups is 3. The molecule has 2 N–H and O–H groups in total. The minimum Gasteiger partial charge on any atom is -0.486 e. The Labute approximate surface area is 206 Å². The van der Waals surface area contributed by atoms with Crippen molar-refractivity contribution < 1.29 is 23.9 Å². The fourth-order valence-corrected chi connectivity index (χ4v) is 3.96. The summed E-state index contributed by atoms with van der Waals surface area (Å²) in [6.45, 7) is 2.01. The van der Waals surface area contributed by atoms with Crippen LogP contribution in [-0.2, 0) is 15.1 Å². The molecule has 36 heavy (non-hydrogen) atoms. The quantitative estimate of drug-likeness (QED) is 0.399. The predicted octanol–water partition coefficient (Wildman–Crippen LogP) is 4.28. The van der Waals surface area contributed by atoms with Crippen molar-refractivity contribution in [3.63, 3.8) is 0 Å². The smallest absolute Gasteiger partial charge is 0.325 e. The first-order chi connectivity index (χ1) is 17.4. The summed E-state index contributed by atoms with van der Waals surface area (Å²) in [6.07, 6.45) is 0. The van der Waals surface area contributed by atoms with Gasteiger partial charge in [-0.3, -0.25) is 14.5 Å². The number of fused-ring (bicyclic) bond motifs is 1. The average Bonchev–Trinajstić information content (AvgIpc) is 3.12. The molecule has 1 fully saturated rings. The van der Waals surface area contributed by atoms with Gasteiger partial charge in [0.15, 0.2) is 11.5 Å². The Morgan fingerprint density at radius 3 is 2.33 bits per heavy atom. The SMILES string of the molecule is CC1(c2ccc3c(c2)OCCO3)NC(=O)N(CC(=O)Nc2ccc(N=Nc3ccccc3)cc2)C1=O. The van der Waals surface area contributed by atoms with Gasteiger partial charge >= 0.3 is 6.03 Å². The maximum atomic E-state index is 13.2. The van der Waals surface area contributed by atoms with Crippen molar-refractivity contribution in [1.82, 2.24) is 10.2 Å². The summed E-state index contributed by atoms with van der Waals surface area (Å²) in [5, 5.41) is 13.7. The standard InChI is InChI=1S/C26H23N5O5/c1-26(17-7-12-21-22(15-17)36-14-13-35-21)24(33)31(25(34)28-26)16-23(32)27-18-8-10-20(11-9-18)30-29-19-5-3-2-4-6-19/h2-12,15H,13-14,16H2,1H3,(H,27,32)(H,28,34). The molecule has 0 radical (unpaired) electrons. The maximum absolute atomic E-state index is 13.2. The fraction of sp³-hybridized carbons (Fsp3) is 0.192. The molecule has 182 valence electrons. The predicted molar refractivity (Wildman–Crippen MR) is 131 cm³/mol. The first kappa shape index (κ1) is 23.0. The van der Waals surface area contributed by atoms with Gasteiger partial charge in [0.05, 0.1) is 11.4 Å². The van der Waals surface area contributed by atoms with Gasteiger partial charge in [-0.2, -0.15) is 10.2 Å². The monoisotopic (exact) mass is 485 g/mol. The molecule has 1 atom stereocenters. The zero-order valence-electron chi connectivity index (χ0n) is 19.4. The number of hydrogen-bond acceptors (Lipinski definition) is 7. The van der Waals surface area contributed by atoms with Gasteiger partial charge in [-0.1, -0.05) is 24.3 Å². The number of anilines is 1. The summed E-state index contributed by atoms with van der Waals surface area (Å²) in [4.78, 5) is 39.3. The number of imide groups is 1. The van der Waals surface area contributed by atoms with Crippen LogP contribution in [0.4, 0.5) is 21.9 Å². The lowest BCUT2D eigenvalue weighted by Gasteiger charge is -2.25. The lowest BCUT2D eigenvalue weighted by Crippen LogP contribution is -2.42. The third-order valence-electron chi connectivity index (χ3n) is 5.88. The second-order valence-corrected chi connectivity index (χ2v) is 8.44. The molecule has 1 saturated heterocycles. The minimum absolute atomic E-state index is 0.399. The largest absolute Gasteiger partial charge is 0.486 e. The van der Waals surface area contributed by atoms with Crippen LogP contribution < -0.4 is 20.1 Å². The Kier molecular flexibility index (Phi) is 6.07. The zero-order valence-corrected chi connectivity index (χ0v) is 19.4. The summed E-state index contributed by atoms with van der Waals surface area (Å²) in [5.74, 6) is 0.0405. The maximum Gasteiger partial charge on any atom is 0.325 e. The van der Waals surface area contributed by atoms with Gasteiger partial charge in [0, 0.05) is 5.69 Å². The van der Waals surface area contributed by atoms with Gasteiger partial charge in [0.2, 0.25) is 5.91 Å². The van der Waals surface area contributed by atoms with Crippen molar-refractivity contribution in [3.05, 3.63) is 78.4 Å². The van der Waals surface area contributed by atoms with Crippen LogP contribution >= 0.6 is 0 Å². The van der Waals surface area contributed by atoms with E-state index in [1.807, 2.05) is 30.3 Å². The zero-order chi connectivity index (χ0) is 25.1. The molecule has 3 aromatic rings. The molecule has 0 aliphatic carbocycles. The molecular weight excluding hydrogens is 462 g/mol. The number of hydrogen-bond donors (Lipinski definition) is 2. The average molecular weight is 486 g/mol. The van der Waals surface area contributed by atoms with E-state index in [-0.39, 0.29) is 0 Å². The van der Waals surface area contributed by atoms with Crippen molar-refractivity contribution in [2.24, 2.45) is 10.2 Å². The van der Waals surface area contributed by atoms with Gasteiger partial charge in [-0.25, -0.2) is 4.79 Å². The molecule has 0 saturated carbocycles. The van der Waals surface area contributed by atoms with E-state index in [9.17, 15) is 14.4 Å². The third kappa shape index (κ3) is 4.61. The molecule has 2 heterocycles. The van der Waals surface area contributed by atoms with E-state index in [0.717, 1.165) is 10.6 Å². The Morgan fingerprint density at radius 1 is 0.944 bits per heavy atom. The summed E-state index contributed by atoms with van der Waals surface area (Å²) >= 11 is 0. The lowest BCUT2D eigenvalue weighted by atomic mass is 9.91. The lowest BCUT2D eigenvalue weighted by molar-refractivity contribution is -0.133. The van der Waals surface area contributed by atoms with E-state index in [1.165, 1.54) is 0 Å². The van der Waals surface area contributed by atoms with Gasteiger partial charge in [-0.05, 0) is 61.0 Å². The first-order valence-corrected chi connectivity index (χ1v) is 11.3. The van der Waals surface area contributed by atoms with Crippen LogP contribution in [0.5, 0.6) is 11.5 Å². The molecule has 1 unspecified atom stereocenters. The summed E-state index contributed by atoms with van der Waals surface area (Å²) in [6, 6.07) is 20.5. The number of ether oxygens (including phenoxy) is 2. The third-order valence-corrected chi connectivity index (χ3v) is 5.88. The molecule has 0 bridgehead atoms. The first-order valence-electron chi connectivity index (χ1n) is 11.3. The highest BCUT2D eigenvalue weighted by atomic mass is 16.6. The fourth-order valence-electron chi connectivity index (χ4n) is 3.96. The minimum atomic E-state index is -1.33. The molecule has 0 spiro atoms. The van der Waals surface area contributed by atoms with Crippen LogP contribution in [0.15, 0.2) is 83.0 Å². The van der Waals surface area contributed by atoms with Crippen molar-refractivity contribution in [2.75, 3.05) is 25.1 Å². The Bertz CT molecular complexity index is 1340. The number of carbonyl (C=O) groups excluding carboxylic acids is 3. The normalized spacial score (nSPS) is 18.9. The second-order valence-electron chi connectivity index (χ2n) is 8.44. The molecule has 3 aromatic carbocycles. The number of amides is 4. The van der Waals surface area contributed by atoms with E-state index in [2.05, 4.69) is 20.9 Å².